The van der Waals surface area contributed by atoms with E-state index in [0.717, 1.165) is 24.8 Å². The van der Waals surface area contributed by atoms with Crippen molar-refractivity contribution in [2.24, 2.45) is 5.41 Å². The van der Waals surface area contributed by atoms with E-state index in [9.17, 15) is 8.42 Å². The molecule has 1 aliphatic carbocycles. The molecule has 0 amide bonds. The normalized spacial score (nSPS) is 23.9. The van der Waals surface area contributed by atoms with E-state index in [1.807, 2.05) is 19.1 Å². The van der Waals surface area contributed by atoms with Crippen LogP contribution in [0.25, 0.3) is 0 Å². The van der Waals surface area contributed by atoms with Gasteiger partial charge in [0, 0.05) is 18.1 Å². The van der Waals surface area contributed by atoms with Gasteiger partial charge in [0.15, 0.2) is 0 Å². The summed E-state index contributed by atoms with van der Waals surface area (Å²) in [6, 6.07) is 7.51. The Kier molecular flexibility index (Phi) is 5.54. The summed E-state index contributed by atoms with van der Waals surface area (Å²) in [6.45, 7) is 10.7. The van der Waals surface area contributed by atoms with Gasteiger partial charge in [0.25, 0.3) is 0 Å². The molecule has 2 unspecified atom stereocenters. The molecule has 1 aliphatic rings. The van der Waals surface area contributed by atoms with Crippen molar-refractivity contribution in [3.8, 4) is 0 Å². The predicted octanol–water partition coefficient (Wildman–Crippen LogP) is 3.22. The number of hydrogen-bond acceptors (Lipinski definition) is 3. The van der Waals surface area contributed by atoms with Crippen LogP contribution in [0.4, 0.5) is 0 Å². The number of nitrogens with one attached hydrogen (secondary N) is 2. The van der Waals surface area contributed by atoms with Crippen LogP contribution in [-0.4, -0.2) is 26.5 Å². The average Bonchev–Trinajstić information content (AvgIpc) is 2.84. The van der Waals surface area contributed by atoms with Gasteiger partial charge < -0.3 is 5.32 Å². The lowest BCUT2D eigenvalue weighted by Gasteiger charge is -2.33. The molecule has 130 valence electrons. The Balaban J connectivity index is 2.07. The van der Waals surface area contributed by atoms with Crippen LogP contribution in [-0.2, 0) is 10.0 Å². The molecule has 0 heterocycles. The fraction of sp³-hybridized carbons (Fsp3) is 0.667. The Morgan fingerprint density at radius 2 is 1.65 bits per heavy atom. The number of rotatable bonds is 5. The van der Waals surface area contributed by atoms with Gasteiger partial charge in [0.05, 0.1) is 4.90 Å². The molecule has 4 nitrogen and oxygen atoms in total. The van der Waals surface area contributed by atoms with E-state index in [0.29, 0.717) is 10.9 Å². The van der Waals surface area contributed by atoms with E-state index >= 15 is 0 Å². The lowest BCUT2D eigenvalue weighted by atomic mass is 9.87. The SMILES string of the molecule is Cc1ccc(S(=O)(=O)NC2CCCC2N[C@H](C)C(C)(C)C)cc1. The van der Waals surface area contributed by atoms with Gasteiger partial charge in [0.2, 0.25) is 10.0 Å². The van der Waals surface area contributed by atoms with Crippen molar-refractivity contribution in [3.63, 3.8) is 0 Å². The third kappa shape index (κ3) is 4.78. The van der Waals surface area contributed by atoms with Crippen LogP contribution in [0, 0.1) is 12.3 Å². The summed E-state index contributed by atoms with van der Waals surface area (Å²) in [5.74, 6) is 0. The van der Waals surface area contributed by atoms with E-state index in [4.69, 9.17) is 0 Å². The number of hydrogen-bond donors (Lipinski definition) is 2. The minimum Gasteiger partial charge on any atom is -0.309 e. The molecule has 0 aromatic heterocycles. The van der Waals surface area contributed by atoms with E-state index in [1.165, 1.54) is 0 Å². The Labute approximate surface area is 141 Å². The predicted molar refractivity (Wildman–Crippen MR) is 95.0 cm³/mol. The monoisotopic (exact) mass is 338 g/mol. The largest absolute Gasteiger partial charge is 0.309 e. The third-order valence-corrected chi connectivity index (χ3v) is 6.42. The number of benzene rings is 1. The molecule has 0 bridgehead atoms. The Hall–Kier alpha value is -0.910. The molecule has 0 saturated heterocycles. The first-order valence-corrected chi connectivity index (χ1v) is 9.93. The minimum absolute atomic E-state index is 0.0360. The molecule has 5 heteroatoms. The lowest BCUT2D eigenvalue weighted by molar-refractivity contribution is 0.253. The molecule has 23 heavy (non-hydrogen) atoms. The second-order valence-electron chi connectivity index (χ2n) is 7.83. The van der Waals surface area contributed by atoms with Gasteiger partial charge in [-0.05, 0) is 44.2 Å². The van der Waals surface area contributed by atoms with Gasteiger partial charge in [-0.2, -0.15) is 0 Å². The van der Waals surface area contributed by atoms with Crippen molar-refractivity contribution in [1.29, 1.82) is 0 Å². The molecule has 2 N–H and O–H groups in total. The maximum atomic E-state index is 12.6. The Bertz CT molecular complexity index is 617. The molecular formula is C18H30N2O2S. The first kappa shape index (κ1) is 18.4. The highest BCUT2D eigenvalue weighted by Crippen LogP contribution is 2.25. The average molecular weight is 339 g/mol. The smallest absolute Gasteiger partial charge is 0.240 e. The molecule has 1 aromatic carbocycles. The minimum atomic E-state index is -3.45. The number of aryl methyl sites for hydroxylation is 1. The molecule has 1 fully saturated rings. The second-order valence-corrected chi connectivity index (χ2v) is 9.55. The Morgan fingerprint density at radius 3 is 2.22 bits per heavy atom. The maximum Gasteiger partial charge on any atom is 0.240 e. The summed E-state index contributed by atoms with van der Waals surface area (Å²) >= 11 is 0. The lowest BCUT2D eigenvalue weighted by Crippen LogP contribution is -2.52. The summed E-state index contributed by atoms with van der Waals surface area (Å²) in [4.78, 5) is 0.345. The van der Waals surface area contributed by atoms with Crippen LogP contribution >= 0.6 is 0 Å². The summed E-state index contributed by atoms with van der Waals surface area (Å²) in [7, 11) is -3.45. The highest BCUT2D eigenvalue weighted by molar-refractivity contribution is 7.89. The standard InChI is InChI=1S/C18H30N2O2S/c1-13-9-11-15(12-10-13)23(21,22)20-17-8-6-7-16(17)19-14(2)18(3,4)5/h9-12,14,16-17,19-20H,6-8H2,1-5H3/t14-,16?,17?/m1/s1. The van der Waals surface area contributed by atoms with Crippen LogP contribution in [0.5, 0.6) is 0 Å². The van der Waals surface area contributed by atoms with Crippen molar-refractivity contribution >= 4 is 10.0 Å². The van der Waals surface area contributed by atoms with Crippen LogP contribution in [0.3, 0.4) is 0 Å². The first-order valence-electron chi connectivity index (χ1n) is 8.44. The molecule has 0 aliphatic heterocycles. The van der Waals surface area contributed by atoms with Crippen LogP contribution < -0.4 is 10.0 Å². The van der Waals surface area contributed by atoms with Crippen molar-refractivity contribution < 1.29 is 8.42 Å². The zero-order valence-corrected chi connectivity index (χ0v) is 15.7. The first-order chi connectivity index (χ1) is 10.6. The Morgan fingerprint density at radius 1 is 1.09 bits per heavy atom. The highest BCUT2D eigenvalue weighted by Gasteiger charge is 2.33. The second kappa shape index (κ2) is 6.91. The third-order valence-electron chi connectivity index (χ3n) is 4.92. The molecule has 0 spiro atoms. The van der Waals surface area contributed by atoms with Crippen molar-refractivity contribution in [3.05, 3.63) is 29.8 Å². The van der Waals surface area contributed by atoms with Gasteiger partial charge in [-0.1, -0.05) is 44.9 Å². The molecule has 1 aromatic rings. The van der Waals surface area contributed by atoms with Crippen LogP contribution in [0.15, 0.2) is 29.2 Å². The molecule has 3 atom stereocenters. The van der Waals surface area contributed by atoms with Gasteiger partial charge in [-0.3, -0.25) is 0 Å². The number of sulfonamides is 1. The van der Waals surface area contributed by atoms with E-state index < -0.39 is 10.0 Å². The zero-order valence-electron chi connectivity index (χ0n) is 14.9. The maximum absolute atomic E-state index is 12.6. The molecule has 1 saturated carbocycles. The molecule has 2 rings (SSSR count). The van der Waals surface area contributed by atoms with E-state index in [-0.39, 0.29) is 17.5 Å². The summed E-state index contributed by atoms with van der Waals surface area (Å²) in [6.07, 6.45) is 2.96. The van der Waals surface area contributed by atoms with Gasteiger partial charge in [-0.25, -0.2) is 13.1 Å². The van der Waals surface area contributed by atoms with Gasteiger partial charge in [0.1, 0.15) is 0 Å². The molecule has 0 radical (unpaired) electrons. The van der Waals surface area contributed by atoms with Crippen molar-refractivity contribution in [1.82, 2.24) is 10.0 Å². The fourth-order valence-electron chi connectivity index (χ4n) is 2.86. The summed E-state index contributed by atoms with van der Waals surface area (Å²) in [5, 5.41) is 3.63. The fourth-order valence-corrected chi connectivity index (χ4v) is 4.17. The summed E-state index contributed by atoms with van der Waals surface area (Å²) < 4.78 is 28.1. The topological polar surface area (TPSA) is 58.2 Å². The highest BCUT2D eigenvalue weighted by atomic mass is 32.2. The zero-order chi connectivity index (χ0) is 17.3. The van der Waals surface area contributed by atoms with Crippen LogP contribution in [0.1, 0.15) is 52.5 Å². The van der Waals surface area contributed by atoms with Crippen molar-refractivity contribution in [2.75, 3.05) is 0 Å². The molecular weight excluding hydrogens is 308 g/mol. The van der Waals surface area contributed by atoms with Gasteiger partial charge >= 0.3 is 0 Å². The van der Waals surface area contributed by atoms with Crippen LogP contribution in [0.2, 0.25) is 0 Å². The van der Waals surface area contributed by atoms with E-state index in [2.05, 4.69) is 37.7 Å². The summed E-state index contributed by atoms with van der Waals surface area (Å²) in [5.41, 5.74) is 1.21. The van der Waals surface area contributed by atoms with Crippen molar-refractivity contribution in [2.45, 2.75) is 76.9 Å². The van der Waals surface area contributed by atoms with E-state index in [1.54, 1.807) is 12.1 Å². The quantitative estimate of drug-likeness (QED) is 0.867. The van der Waals surface area contributed by atoms with Gasteiger partial charge in [-0.15, -0.1) is 0 Å².